The third-order valence-electron chi connectivity index (χ3n) is 10.7. The van der Waals surface area contributed by atoms with Gasteiger partial charge in [0.25, 0.3) is 17.7 Å². The SMILES string of the molecule is CNC(=O)c1ccc(NC2(C#N)CCC2)cc1F.N#Cc1ccc(N=C=S)cc1C(F)(F)F.[C-]#[N+]c1ccc(N2C(=O)C3(CCC3)N(c3ccc(C(=O)NC)c(F)c3)C2=S)cc1C. The Balaban J connectivity index is 0.000000194. The minimum atomic E-state index is -4.57. The van der Waals surface area contributed by atoms with E-state index < -0.39 is 51.8 Å². The van der Waals surface area contributed by atoms with E-state index in [0.717, 1.165) is 43.4 Å². The second-order valence-electron chi connectivity index (χ2n) is 14.5. The highest BCUT2D eigenvalue weighted by Crippen LogP contribution is 2.48. The van der Waals surface area contributed by atoms with Gasteiger partial charge in [0.2, 0.25) is 0 Å². The highest BCUT2D eigenvalue weighted by atomic mass is 32.1. The Hall–Kier alpha value is -7.10. The molecule has 322 valence electrons. The van der Waals surface area contributed by atoms with E-state index in [-0.39, 0.29) is 27.8 Å². The number of halogens is 5. The van der Waals surface area contributed by atoms with Crippen LogP contribution < -0.4 is 25.8 Å². The zero-order valence-corrected chi connectivity index (χ0v) is 35.4. The molecular weight excluding hydrogens is 862 g/mol. The van der Waals surface area contributed by atoms with Gasteiger partial charge in [0.15, 0.2) is 10.8 Å². The number of nitrogens with one attached hydrogen (secondary N) is 3. The van der Waals surface area contributed by atoms with Gasteiger partial charge >= 0.3 is 6.18 Å². The van der Waals surface area contributed by atoms with Crippen molar-refractivity contribution < 1.29 is 36.3 Å². The molecule has 4 aromatic carbocycles. The predicted octanol–water partition coefficient (Wildman–Crippen LogP) is 9.46. The van der Waals surface area contributed by atoms with E-state index in [1.807, 2.05) is 12.1 Å². The molecule has 19 heteroatoms. The van der Waals surface area contributed by atoms with E-state index in [0.29, 0.717) is 35.6 Å². The number of thiocarbonyl (C=S) groups is 2. The van der Waals surface area contributed by atoms with Crippen LogP contribution in [0.15, 0.2) is 77.8 Å². The van der Waals surface area contributed by atoms with Gasteiger partial charge in [0.1, 0.15) is 22.7 Å². The zero-order valence-electron chi connectivity index (χ0n) is 33.8. The first-order valence-electron chi connectivity index (χ1n) is 19.0. The predicted molar refractivity (Wildman–Crippen MR) is 233 cm³/mol. The van der Waals surface area contributed by atoms with E-state index in [4.69, 9.17) is 29.3 Å². The summed E-state index contributed by atoms with van der Waals surface area (Å²) in [5.74, 6) is -2.39. The second-order valence-corrected chi connectivity index (χ2v) is 15.0. The number of anilines is 3. The monoisotopic (exact) mass is 897 g/mol. The summed E-state index contributed by atoms with van der Waals surface area (Å²) in [5.41, 5.74) is -0.0871. The lowest BCUT2D eigenvalue weighted by molar-refractivity contribution is -0.137. The largest absolute Gasteiger partial charge is 0.417 e. The van der Waals surface area contributed by atoms with Crippen molar-refractivity contribution in [2.24, 2.45) is 4.99 Å². The average molecular weight is 898 g/mol. The van der Waals surface area contributed by atoms with Gasteiger partial charge in [-0.05, 0) is 142 Å². The van der Waals surface area contributed by atoms with Gasteiger partial charge in [-0.15, -0.1) is 0 Å². The molecule has 3 N–H and O–H groups in total. The number of carbonyl (C=O) groups excluding carboxylic acids is 3. The summed E-state index contributed by atoms with van der Waals surface area (Å²) in [7, 11) is 2.89. The third-order valence-corrected chi connectivity index (χ3v) is 11.1. The van der Waals surface area contributed by atoms with E-state index in [9.17, 15) is 36.3 Å². The van der Waals surface area contributed by atoms with Crippen LogP contribution in [0.4, 0.5) is 50.4 Å². The molecular formula is C44H36F5N9O3S2. The molecule has 0 bridgehead atoms. The topological polar surface area (TPSA) is 158 Å². The van der Waals surface area contributed by atoms with E-state index in [2.05, 4.69) is 44.1 Å². The molecule has 0 radical (unpaired) electrons. The maximum atomic E-state index is 14.6. The van der Waals surface area contributed by atoms with Crippen molar-refractivity contribution >= 4 is 80.9 Å². The second kappa shape index (κ2) is 19.3. The molecule has 0 unspecified atom stereocenters. The van der Waals surface area contributed by atoms with Gasteiger partial charge in [-0.3, -0.25) is 19.3 Å². The third kappa shape index (κ3) is 9.69. The molecule has 1 aliphatic heterocycles. The number of benzene rings is 4. The average Bonchev–Trinajstić information content (AvgIpc) is 3.48. The van der Waals surface area contributed by atoms with Crippen molar-refractivity contribution in [2.45, 2.75) is 62.7 Å². The van der Waals surface area contributed by atoms with E-state index in [1.54, 1.807) is 35.2 Å². The van der Waals surface area contributed by atoms with Crippen LogP contribution in [0.2, 0.25) is 0 Å². The van der Waals surface area contributed by atoms with Crippen LogP contribution in [0.25, 0.3) is 4.85 Å². The number of aryl methyl sites for hydroxylation is 1. The first-order valence-corrected chi connectivity index (χ1v) is 19.8. The molecule has 1 spiro atoms. The zero-order chi connectivity index (χ0) is 46.3. The molecule has 1 heterocycles. The molecule has 3 amide bonds. The summed E-state index contributed by atoms with van der Waals surface area (Å²) in [6.07, 6.45) is 0.0516. The first-order chi connectivity index (χ1) is 29.9. The van der Waals surface area contributed by atoms with E-state index >= 15 is 0 Å². The number of aliphatic imine (C=N–C) groups is 1. The molecule has 3 aliphatic rings. The molecule has 12 nitrogen and oxygen atoms in total. The van der Waals surface area contributed by atoms with Crippen molar-refractivity contribution in [1.29, 1.82) is 10.5 Å². The van der Waals surface area contributed by atoms with Crippen LogP contribution in [0, 0.1) is 47.8 Å². The van der Waals surface area contributed by atoms with Gasteiger partial charge in [0, 0.05) is 31.2 Å². The number of hydrogen-bond donors (Lipinski definition) is 3. The normalized spacial score (nSPS) is 15.3. The fourth-order valence-corrected chi connectivity index (χ4v) is 7.62. The Morgan fingerprint density at radius 3 is 1.94 bits per heavy atom. The molecule has 0 aromatic heterocycles. The lowest BCUT2D eigenvalue weighted by atomic mass is 9.75. The van der Waals surface area contributed by atoms with Gasteiger partial charge < -0.3 is 20.9 Å². The lowest BCUT2D eigenvalue weighted by Gasteiger charge is -2.43. The van der Waals surface area contributed by atoms with Crippen molar-refractivity contribution in [3.63, 3.8) is 0 Å². The summed E-state index contributed by atoms with van der Waals surface area (Å²) in [4.78, 5) is 46.7. The van der Waals surface area contributed by atoms with Crippen molar-refractivity contribution in [3.8, 4) is 12.1 Å². The molecule has 0 atom stereocenters. The standard InChI is InChI=1S/C22H19FN4O2S.C13H14FN3O.C9H3F3N2S/c1-13-11-14(6-8-18(13)24-2)26-20(29)22(9-4-10-22)27(21(26)30)15-5-7-16(17(23)12-15)19(28)25-3;1-16-12(18)10-4-3-9(7-11(10)14)17-13(8-15)5-2-6-13;10-9(11,12)8-3-7(14-5-15)2-1-6(8)4-13/h5-8,11-12H,4,9-10H2,1,3H3,(H,25,28);3-4,7,17H,2,5-6H2,1H3,(H,16,18);1-3H. The van der Waals surface area contributed by atoms with Crippen molar-refractivity contribution in [1.82, 2.24) is 10.6 Å². The number of nitrogens with zero attached hydrogens (tertiary/aromatic N) is 6. The number of alkyl halides is 3. The number of amides is 3. The molecule has 2 saturated carbocycles. The Morgan fingerprint density at radius 1 is 0.873 bits per heavy atom. The van der Waals surface area contributed by atoms with Crippen LogP contribution in [-0.4, -0.2) is 53.2 Å². The summed E-state index contributed by atoms with van der Waals surface area (Å²) < 4.78 is 65.6. The Kier molecular flexibility index (Phi) is 14.4. The van der Waals surface area contributed by atoms with Crippen LogP contribution in [-0.2, 0) is 11.0 Å². The summed E-state index contributed by atoms with van der Waals surface area (Å²) >= 11 is 9.94. The highest BCUT2D eigenvalue weighted by molar-refractivity contribution is 7.81. The minimum absolute atomic E-state index is 0.00247. The molecule has 63 heavy (non-hydrogen) atoms. The number of hydrogen-bond acceptors (Lipinski definition) is 9. The molecule has 7 rings (SSSR count). The van der Waals surface area contributed by atoms with Crippen LogP contribution >= 0.6 is 24.4 Å². The Bertz CT molecular complexity index is 2670. The molecule has 3 fully saturated rings. The Morgan fingerprint density at radius 2 is 1.48 bits per heavy atom. The minimum Gasteiger partial charge on any atom is -0.367 e. The number of isothiocyanates is 1. The van der Waals surface area contributed by atoms with Crippen molar-refractivity contribution in [2.75, 3.05) is 29.2 Å². The fraction of sp³-hybridized carbons (Fsp3) is 0.273. The molecule has 2 aliphatic carbocycles. The fourth-order valence-electron chi connectivity index (χ4n) is 7.04. The van der Waals surface area contributed by atoms with Gasteiger partial charge in [-0.2, -0.15) is 28.7 Å². The number of rotatable bonds is 7. The summed E-state index contributed by atoms with van der Waals surface area (Å²) in [6, 6.07) is 20.5. The van der Waals surface area contributed by atoms with Gasteiger partial charge in [-0.1, -0.05) is 6.07 Å². The van der Waals surface area contributed by atoms with Crippen LogP contribution in [0.3, 0.4) is 0 Å². The smallest absolute Gasteiger partial charge is 0.367 e. The lowest BCUT2D eigenvalue weighted by Crippen LogP contribution is -2.55. The number of nitriles is 2. The van der Waals surface area contributed by atoms with Crippen molar-refractivity contribution in [3.05, 3.63) is 124 Å². The van der Waals surface area contributed by atoms with E-state index in [1.165, 1.54) is 55.4 Å². The summed E-state index contributed by atoms with van der Waals surface area (Å²) in [5, 5.41) is 27.6. The first kappa shape index (κ1) is 47.0. The maximum absolute atomic E-state index is 14.6. The number of carbonyl (C=O) groups is 3. The maximum Gasteiger partial charge on any atom is 0.417 e. The molecule has 4 aromatic rings. The van der Waals surface area contributed by atoms with Gasteiger partial charge in [-0.25, -0.2) is 13.6 Å². The summed E-state index contributed by atoms with van der Waals surface area (Å²) in [6.45, 7) is 9.03. The van der Waals surface area contributed by atoms with Gasteiger partial charge in [0.05, 0.1) is 51.8 Å². The highest BCUT2D eigenvalue weighted by Gasteiger charge is 2.59. The van der Waals surface area contributed by atoms with Crippen LogP contribution in [0.5, 0.6) is 0 Å². The quantitative estimate of drug-likeness (QED) is 0.0712. The van der Waals surface area contributed by atoms with Crippen LogP contribution in [0.1, 0.15) is 75.9 Å². The molecule has 1 saturated heterocycles. The Labute approximate surface area is 369 Å².